The Balaban J connectivity index is 1.42. The monoisotopic (exact) mass is 431 g/mol. The van der Waals surface area contributed by atoms with E-state index in [4.69, 9.17) is 15.7 Å². The summed E-state index contributed by atoms with van der Waals surface area (Å²) in [6.45, 7) is 4.73. The van der Waals surface area contributed by atoms with Gasteiger partial charge in [-0.25, -0.2) is 9.78 Å². The lowest BCUT2D eigenvalue weighted by Gasteiger charge is -2.33. The number of nitrogen functional groups attached to an aromatic ring is 1. The number of benzene rings is 1. The molecule has 4 heterocycles. The standard InChI is InChI=1S/C23H25N7O2/c1-14-8-16(17-10-19-21(26-12-17)28-22(25)27-19)9-18-13-30(6-7-32-20(14)18)23(31)29-4-2-15(11-24)3-5-29/h8-10,12,15H,2-7,13H2,1H3,(H3,25,26,27,28). The summed E-state index contributed by atoms with van der Waals surface area (Å²) in [5.74, 6) is 1.23. The molecule has 9 heteroatoms. The number of hydrogen-bond acceptors (Lipinski definition) is 6. The van der Waals surface area contributed by atoms with Crippen LogP contribution in [0.3, 0.4) is 0 Å². The molecule has 0 aliphatic carbocycles. The highest BCUT2D eigenvalue weighted by atomic mass is 16.5. The second-order valence-corrected chi connectivity index (χ2v) is 8.44. The minimum atomic E-state index is 0.0110. The summed E-state index contributed by atoms with van der Waals surface area (Å²) in [4.78, 5) is 28.5. The van der Waals surface area contributed by atoms with Crippen molar-refractivity contribution in [3.8, 4) is 22.9 Å². The number of likely N-dealkylation sites (tertiary alicyclic amines) is 1. The van der Waals surface area contributed by atoms with E-state index in [0.717, 1.165) is 46.4 Å². The Labute approximate surface area is 185 Å². The number of aromatic amines is 1. The van der Waals surface area contributed by atoms with Crippen LogP contribution in [0, 0.1) is 24.2 Å². The number of nitrogens with one attached hydrogen (secondary N) is 1. The molecule has 3 aromatic rings. The van der Waals surface area contributed by atoms with Crippen LogP contribution < -0.4 is 10.5 Å². The molecule has 0 radical (unpaired) electrons. The van der Waals surface area contributed by atoms with Crippen molar-refractivity contribution in [1.82, 2.24) is 24.8 Å². The van der Waals surface area contributed by atoms with Gasteiger partial charge in [-0.05, 0) is 49.1 Å². The van der Waals surface area contributed by atoms with E-state index >= 15 is 0 Å². The molecular weight excluding hydrogens is 406 g/mol. The number of ether oxygens (including phenoxy) is 1. The zero-order valence-corrected chi connectivity index (χ0v) is 18.0. The maximum Gasteiger partial charge on any atom is 0.320 e. The van der Waals surface area contributed by atoms with E-state index < -0.39 is 0 Å². The van der Waals surface area contributed by atoms with Gasteiger partial charge in [0.1, 0.15) is 12.4 Å². The smallest absolute Gasteiger partial charge is 0.320 e. The van der Waals surface area contributed by atoms with E-state index in [1.807, 2.05) is 22.8 Å². The molecule has 0 spiro atoms. The maximum atomic E-state index is 13.2. The fraction of sp³-hybridized carbons (Fsp3) is 0.391. The minimum absolute atomic E-state index is 0.0110. The number of amides is 2. The summed E-state index contributed by atoms with van der Waals surface area (Å²) in [7, 11) is 0. The fourth-order valence-corrected chi connectivity index (χ4v) is 4.52. The molecule has 32 heavy (non-hydrogen) atoms. The van der Waals surface area contributed by atoms with Crippen LogP contribution in [0.5, 0.6) is 5.75 Å². The molecule has 2 aliphatic rings. The lowest BCUT2D eigenvalue weighted by Crippen LogP contribution is -2.46. The number of hydrogen-bond donors (Lipinski definition) is 2. The number of carbonyl (C=O) groups is 1. The molecule has 0 atom stereocenters. The van der Waals surface area contributed by atoms with Crippen LogP contribution in [0.1, 0.15) is 24.0 Å². The zero-order valence-electron chi connectivity index (χ0n) is 18.0. The lowest BCUT2D eigenvalue weighted by molar-refractivity contribution is 0.132. The molecule has 164 valence electrons. The summed E-state index contributed by atoms with van der Waals surface area (Å²) in [5, 5.41) is 9.12. The van der Waals surface area contributed by atoms with E-state index in [-0.39, 0.29) is 11.9 Å². The number of rotatable bonds is 1. The predicted octanol–water partition coefficient (Wildman–Crippen LogP) is 3.07. The van der Waals surface area contributed by atoms with Crippen LogP contribution in [-0.4, -0.2) is 57.0 Å². The van der Waals surface area contributed by atoms with Crippen molar-refractivity contribution in [3.05, 3.63) is 35.5 Å². The van der Waals surface area contributed by atoms with Gasteiger partial charge < -0.3 is 25.3 Å². The molecule has 5 rings (SSSR count). The second-order valence-electron chi connectivity index (χ2n) is 8.44. The highest BCUT2D eigenvalue weighted by Crippen LogP contribution is 2.34. The van der Waals surface area contributed by atoms with Crippen molar-refractivity contribution in [2.45, 2.75) is 26.3 Å². The molecule has 0 saturated carbocycles. The van der Waals surface area contributed by atoms with Gasteiger partial charge in [0, 0.05) is 36.3 Å². The summed E-state index contributed by atoms with van der Waals surface area (Å²) >= 11 is 0. The van der Waals surface area contributed by atoms with Gasteiger partial charge in [0.25, 0.3) is 0 Å². The average Bonchev–Trinajstić information content (AvgIpc) is 3.03. The maximum absolute atomic E-state index is 13.2. The second kappa shape index (κ2) is 8.04. The summed E-state index contributed by atoms with van der Waals surface area (Å²) < 4.78 is 6.04. The number of nitrogens with zero attached hydrogens (tertiary/aromatic N) is 5. The van der Waals surface area contributed by atoms with Crippen molar-refractivity contribution in [2.24, 2.45) is 5.92 Å². The summed E-state index contributed by atoms with van der Waals surface area (Å²) in [5.41, 5.74) is 11.0. The van der Waals surface area contributed by atoms with Crippen LogP contribution in [-0.2, 0) is 6.54 Å². The van der Waals surface area contributed by atoms with E-state index in [1.54, 1.807) is 6.20 Å². The Hall–Kier alpha value is -3.80. The Morgan fingerprint density at radius 3 is 2.81 bits per heavy atom. The lowest BCUT2D eigenvalue weighted by atomic mass is 9.98. The van der Waals surface area contributed by atoms with Gasteiger partial charge in [0.05, 0.1) is 24.7 Å². The Kier molecular flexibility index (Phi) is 5.05. The quantitative estimate of drug-likeness (QED) is 0.610. The number of urea groups is 1. The third kappa shape index (κ3) is 3.68. The van der Waals surface area contributed by atoms with Crippen LogP contribution in [0.2, 0.25) is 0 Å². The molecule has 1 fully saturated rings. The molecule has 0 unspecified atom stereocenters. The minimum Gasteiger partial charge on any atom is -0.491 e. The Morgan fingerprint density at radius 1 is 1.22 bits per heavy atom. The third-order valence-corrected chi connectivity index (χ3v) is 6.23. The molecule has 0 bridgehead atoms. The molecular formula is C23H25N7O2. The Morgan fingerprint density at radius 2 is 2.03 bits per heavy atom. The third-order valence-electron chi connectivity index (χ3n) is 6.23. The van der Waals surface area contributed by atoms with Gasteiger partial charge in [-0.3, -0.25) is 0 Å². The van der Waals surface area contributed by atoms with Crippen LogP contribution in [0.25, 0.3) is 22.3 Å². The highest BCUT2D eigenvalue weighted by molar-refractivity contribution is 5.80. The van der Waals surface area contributed by atoms with Gasteiger partial charge in [-0.15, -0.1) is 0 Å². The molecule has 2 aromatic heterocycles. The van der Waals surface area contributed by atoms with E-state index in [2.05, 4.69) is 33.2 Å². The summed E-state index contributed by atoms with van der Waals surface area (Å²) in [6.07, 6.45) is 3.25. The number of anilines is 1. The average molecular weight is 432 g/mol. The molecule has 3 N–H and O–H groups in total. The molecule has 2 aliphatic heterocycles. The van der Waals surface area contributed by atoms with Crippen LogP contribution in [0.4, 0.5) is 10.7 Å². The van der Waals surface area contributed by atoms with Gasteiger partial charge in [-0.2, -0.15) is 10.2 Å². The van der Waals surface area contributed by atoms with Gasteiger partial charge >= 0.3 is 6.03 Å². The number of nitrogens with two attached hydrogens (primary N) is 1. The van der Waals surface area contributed by atoms with Crippen molar-refractivity contribution < 1.29 is 9.53 Å². The van der Waals surface area contributed by atoms with Crippen molar-refractivity contribution in [2.75, 3.05) is 32.0 Å². The zero-order chi connectivity index (χ0) is 22.2. The first kappa shape index (κ1) is 20.1. The van der Waals surface area contributed by atoms with E-state index in [1.165, 1.54) is 0 Å². The number of piperidine rings is 1. The first-order valence-corrected chi connectivity index (χ1v) is 10.8. The first-order valence-electron chi connectivity index (χ1n) is 10.8. The first-order chi connectivity index (χ1) is 15.5. The highest BCUT2D eigenvalue weighted by Gasteiger charge is 2.28. The largest absolute Gasteiger partial charge is 0.491 e. The van der Waals surface area contributed by atoms with E-state index in [0.29, 0.717) is 44.4 Å². The van der Waals surface area contributed by atoms with E-state index in [9.17, 15) is 4.79 Å². The van der Waals surface area contributed by atoms with Gasteiger partial charge in [0.2, 0.25) is 0 Å². The predicted molar refractivity (Wildman–Crippen MR) is 120 cm³/mol. The molecule has 2 amide bonds. The number of nitriles is 1. The number of fused-ring (bicyclic) bond motifs is 2. The number of aryl methyl sites for hydroxylation is 1. The van der Waals surface area contributed by atoms with Crippen molar-refractivity contribution >= 4 is 23.1 Å². The van der Waals surface area contributed by atoms with Crippen LogP contribution in [0.15, 0.2) is 24.4 Å². The molecule has 1 saturated heterocycles. The number of imidazole rings is 1. The van der Waals surface area contributed by atoms with Crippen LogP contribution >= 0.6 is 0 Å². The number of H-pyrrole nitrogens is 1. The summed E-state index contributed by atoms with van der Waals surface area (Å²) in [6, 6.07) is 8.45. The fourth-order valence-electron chi connectivity index (χ4n) is 4.52. The SMILES string of the molecule is Cc1cc(-c2cnc3nc(N)[nH]c3c2)cc2c1OCCN(C(=O)N1CCC(C#N)CC1)C2. The number of pyridine rings is 1. The normalized spacial score (nSPS) is 16.9. The van der Waals surface area contributed by atoms with Gasteiger partial charge in [0.15, 0.2) is 11.6 Å². The molecule has 9 nitrogen and oxygen atoms in total. The molecule has 1 aromatic carbocycles. The van der Waals surface area contributed by atoms with Crippen molar-refractivity contribution in [1.29, 1.82) is 5.26 Å². The van der Waals surface area contributed by atoms with Crippen molar-refractivity contribution in [3.63, 3.8) is 0 Å². The van der Waals surface area contributed by atoms with Gasteiger partial charge in [-0.1, -0.05) is 0 Å². The number of aromatic nitrogens is 3. The topological polar surface area (TPSA) is 124 Å². The Bertz CT molecular complexity index is 1220. The number of carbonyl (C=O) groups excluding carboxylic acids is 1.